The molecule has 38 heavy (non-hydrogen) atoms. The number of hydrogen-bond donors (Lipinski definition) is 6. The van der Waals surface area contributed by atoms with Crippen molar-refractivity contribution < 1.29 is 24.3 Å². The third-order valence-electron chi connectivity index (χ3n) is 6.25. The van der Waals surface area contributed by atoms with Crippen LogP contribution in [0.4, 0.5) is 4.79 Å². The fourth-order valence-corrected chi connectivity index (χ4v) is 3.97. The van der Waals surface area contributed by atoms with E-state index in [9.17, 15) is 14.4 Å². The van der Waals surface area contributed by atoms with Crippen molar-refractivity contribution in [3.05, 3.63) is 0 Å². The zero-order valence-electron chi connectivity index (χ0n) is 24.5. The number of nitrogens with two attached hydrogens (primary N) is 2. The SMILES string of the molecule is CCCCCCCCCCCCCCNCCCC(=O)NC(C(=O)NC(CC)C(=O)O)C(C)C.NC(N)=O. The summed E-state index contributed by atoms with van der Waals surface area (Å²) >= 11 is 0. The zero-order chi connectivity index (χ0) is 29.2. The number of nitrogens with one attached hydrogen (secondary N) is 3. The van der Waals surface area contributed by atoms with E-state index in [-0.39, 0.29) is 11.8 Å². The summed E-state index contributed by atoms with van der Waals surface area (Å²) in [5, 5.41) is 17.8. The van der Waals surface area contributed by atoms with Crippen molar-refractivity contribution in [2.24, 2.45) is 17.4 Å². The first-order valence-corrected chi connectivity index (χ1v) is 14.6. The lowest BCUT2D eigenvalue weighted by atomic mass is 10.0. The second-order valence-electron chi connectivity index (χ2n) is 10.2. The molecule has 0 aromatic rings. The molecule has 10 nitrogen and oxygen atoms in total. The van der Waals surface area contributed by atoms with Crippen molar-refractivity contribution in [2.45, 2.75) is 136 Å². The molecule has 10 heteroatoms. The van der Waals surface area contributed by atoms with Gasteiger partial charge in [0.1, 0.15) is 12.1 Å². The lowest BCUT2D eigenvalue weighted by Gasteiger charge is -2.23. The molecule has 0 saturated carbocycles. The summed E-state index contributed by atoms with van der Waals surface area (Å²) < 4.78 is 0. The van der Waals surface area contributed by atoms with Crippen LogP contribution in [-0.4, -0.2) is 54.1 Å². The maximum atomic E-state index is 12.4. The van der Waals surface area contributed by atoms with E-state index in [1.807, 2.05) is 13.8 Å². The van der Waals surface area contributed by atoms with Gasteiger partial charge in [-0.3, -0.25) is 9.59 Å². The number of urea groups is 1. The van der Waals surface area contributed by atoms with Crippen LogP contribution < -0.4 is 27.4 Å². The number of carbonyl (C=O) groups excluding carboxylic acids is 3. The molecular formula is C28H57N5O5. The van der Waals surface area contributed by atoms with E-state index in [0.29, 0.717) is 19.3 Å². The van der Waals surface area contributed by atoms with Crippen molar-refractivity contribution in [2.75, 3.05) is 13.1 Å². The van der Waals surface area contributed by atoms with Crippen LogP contribution in [0.2, 0.25) is 0 Å². The molecule has 0 aliphatic carbocycles. The van der Waals surface area contributed by atoms with Crippen LogP contribution in [0.25, 0.3) is 0 Å². The monoisotopic (exact) mass is 543 g/mol. The Bertz CT molecular complexity index is 627. The number of carboxylic acids is 1. The number of primary amides is 2. The minimum atomic E-state index is -1.07. The molecule has 2 unspecified atom stereocenters. The highest BCUT2D eigenvalue weighted by atomic mass is 16.4. The van der Waals surface area contributed by atoms with Crippen LogP contribution in [0.1, 0.15) is 124 Å². The van der Waals surface area contributed by atoms with Crippen molar-refractivity contribution in [3.63, 3.8) is 0 Å². The maximum absolute atomic E-state index is 12.4. The Morgan fingerprint density at radius 2 is 1.16 bits per heavy atom. The molecule has 4 amide bonds. The van der Waals surface area contributed by atoms with E-state index in [1.54, 1.807) is 6.92 Å². The summed E-state index contributed by atoms with van der Waals surface area (Å²) in [5.41, 5.74) is 8.50. The fourth-order valence-electron chi connectivity index (χ4n) is 3.97. The molecule has 0 aliphatic rings. The van der Waals surface area contributed by atoms with Gasteiger partial charge in [0.25, 0.3) is 0 Å². The van der Waals surface area contributed by atoms with Gasteiger partial charge in [-0.2, -0.15) is 0 Å². The first kappa shape index (κ1) is 37.8. The molecule has 0 bridgehead atoms. The minimum Gasteiger partial charge on any atom is -0.480 e. The smallest absolute Gasteiger partial charge is 0.326 e. The molecule has 0 aromatic heterocycles. The minimum absolute atomic E-state index is 0.126. The third kappa shape index (κ3) is 25.3. The molecule has 0 aliphatic heterocycles. The summed E-state index contributed by atoms with van der Waals surface area (Å²) in [4.78, 5) is 44.8. The molecule has 8 N–H and O–H groups in total. The van der Waals surface area contributed by atoms with Crippen molar-refractivity contribution in [3.8, 4) is 0 Å². The predicted octanol–water partition coefficient (Wildman–Crippen LogP) is 4.20. The number of aliphatic carboxylic acids is 1. The Morgan fingerprint density at radius 3 is 1.58 bits per heavy atom. The van der Waals surface area contributed by atoms with Gasteiger partial charge in [-0.1, -0.05) is 98.3 Å². The fraction of sp³-hybridized carbons (Fsp3) is 0.857. The highest BCUT2D eigenvalue weighted by Crippen LogP contribution is 2.11. The summed E-state index contributed by atoms with van der Waals surface area (Å²) in [5.74, 6) is -1.81. The highest BCUT2D eigenvalue weighted by molar-refractivity contribution is 5.90. The van der Waals surface area contributed by atoms with E-state index >= 15 is 0 Å². The van der Waals surface area contributed by atoms with Gasteiger partial charge in [0.15, 0.2) is 0 Å². The Morgan fingerprint density at radius 1 is 0.711 bits per heavy atom. The van der Waals surface area contributed by atoms with Crippen LogP contribution in [0.15, 0.2) is 0 Å². The van der Waals surface area contributed by atoms with E-state index in [4.69, 9.17) is 9.90 Å². The molecule has 224 valence electrons. The number of carboxylic acid groups (broad SMARTS) is 1. The molecule has 2 atom stereocenters. The molecule has 0 radical (unpaired) electrons. The topological polar surface area (TPSA) is 177 Å². The summed E-state index contributed by atoms with van der Waals surface area (Å²) in [6.07, 6.45) is 17.5. The predicted molar refractivity (Wildman–Crippen MR) is 154 cm³/mol. The standard InChI is InChI=1S/C27H53N3O4.CH4N2O/c1-5-7-8-9-10-11-12-13-14-15-16-17-20-28-21-18-19-24(31)30-25(22(3)4)26(32)29-23(6-2)27(33)34;2-1(3)4/h22-23,25,28H,5-21H2,1-4H3,(H,29,32)(H,30,31)(H,33,34);(H4,2,3,4). The molecule has 0 aromatic carbocycles. The summed E-state index contributed by atoms with van der Waals surface area (Å²) in [6, 6.07) is -2.50. The Balaban J connectivity index is 0. The average molecular weight is 544 g/mol. The van der Waals surface area contributed by atoms with Gasteiger partial charge in [-0.05, 0) is 38.3 Å². The summed E-state index contributed by atoms with van der Waals surface area (Å²) in [7, 11) is 0. The Hall–Kier alpha value is -2.36. The number of rotatable bonds is 23. The zero-order valence-corrected chi connectivity index (χ0v) is 24.5. The van der Waals surface area contributed by atoms with Crippen LogP contribution in [-0.2, 0) is 14.4 Å². The first-order valence-electron chi connectivity index (χ1n) is 14.6. The van der Waals surface area contributed by atoms with E-state index in [0.717, 1.165) is 13.1 Å². The van der Waals surface area contributed by atoms with Crippen molar-refractivity contribution >= 4 is 23.8 Å². The van der Waals surface area contributed by atoms with Crippen LogP contribution in [0, 0.1) is 5.92 Å². The van der Waals surface area contributed by atoms with E-state index in [2.05, 4.69) is 34.3 Å². The largest absolute Gasteiger partial charge is 0.480 e. The molecule has 0 rings (SSSR count). The average Bonchev–Trinajstić information content (AvgIpc) is 2.84. The lowest BCUT2D eigenvalue weighted by Crippen LogP contribution is -2.53. The van der Waals surface area contributed by atoms with Gasteiger partial charge < -0.3 is 32.5 Å². The second kappa shape index (κ2) is 26.3. The Labute approximate surface area is 230 Å². The Kier molecular flexibility index (Phi) is 26.1. The van der Waals surface area contributed by atoms with Crippen LogP contribution in [0.3, 0.4) is 0 Å². The lowest BCUT2D eigenvalue weighted by molar-refractivity contribution is -0.142. The molecular weight excluding hydrogens is 486 g/mol. The molecule has 0 spiro atoms. The van der Waals surface area contributed by atoms with Gasteiger partial charge in [-0.15, -0.1) is 0 Å². The first-order chi connectivity index (χ1) is 18.1. The molecule has 0 saturated heterocycles. The van der Waals surface area contributed by atoms with Gasteiger partial charge in [0, 0.05) is 6.42 Å². The molecule has 0 fully saturated rings. The third-order valence-corrected chi connectivity index (χ3v) is 6.25. The van der Waals surface area contributed by atoms with Crippen molar-refractivity contribution in [1.82, 2.24) is 16.0 Å². The van der Waals surface area contributed by atoms with E-state index < -0.39 is 30.0 Å². The van der Waals surface area contributed by atoms with Gasteiger partial charge >= 0.3 is 12.0 Å². The number of hydrogen-bond acceptors (Lipinski definition) is 5. The van der Waals surface area contributed by atoms with Gasteiger partial charge in [0.05, 0.1) is 0 Å². The van der Waals surface area contributed by atoms with Crippen LogP contribution in [0.5, 0.6) is 0 Å². The number of unbranched alkanes of at least 4 members (excludes halogenated alkanes) is 11. The number of carbonyl (C=O) groups is 4. The second-order valence-corrected chi connectivity index (χ2v) is 10.2. The van der Waals surface area contributed by atoms with Gasteiger partial charge in [0.2, 0.25) is 11.8 Å². The maximum Gasteiger partial charge on any atom is 0.326 e. The van der Waals surface area contributed by atoms with Crippen molar-refractivity contribution in [1.29, 1.82) is 0 Å². The van der Waals surface area contributed by atoms with Gasteiger partial charge in [-0.25, -0.2) is 9.59 Å². The van der Waals surface area contributed by atoms with Crippen LogP contribution >= 0.6 is 0 Å². The normalized spacial score (nSPS) is 12.2. The quantitative estimate of drug-likeness (QED) is 0.105. The molecule has 0 heterocycles. The number of amides is 4. The highest BCUT2D eigenvalue weighted by Gasteiger charge is 2.27. The van der Waals surface area contributed by atoms with E-state index in [1.165, 1.54) is 77.0 Å². The summed E-state index contributed by atoms with van der Waals surface area (Å²) in [6.45, 7) is 9.39.